The van der Waals surface area contributed by atoms with Crippen molar-refractivity contribution in [2.75, 3.05) is 67.2 Å². The Hall–Kier alpha value is -7.53. The number of carboxylic acid groups (broad SMARTS) is 1. The van der Waals surface area contributed by atoms with Gasteiger partial charge in [0.25, 0.3) is 0 Å². The summed E-state index contributed by atoms with van der Waals surface area (Å²) in [5, 5.41) is 18.7. The van der Waals surface area contributed by atoms with Crippen molar-refractivity contribution < 1.29 is 53.1 Å². The Balaban J connectivity index is 0.000000545. The molecule has 71 heavy (non-hydrogen) atoms. The minimum atomic E-state index is -1.80. The van der Waals surface area contributed by atoms with Crippen molar-refractivity contribution in [2.45, 2.75) is 17.7 Å². The molecule has 1 aliphatic rings. The van der Waals surface area contributed by atoms with Gasteiger partial charge in [0, 0.05) is 24.4 Å². The monoisotopic (exact) mass is 1010 g/mol. The highest BCUT2D eigenvalue weighted by Gasteiger charge is 2.43. The summed E-state index contributed by atoms with van der Waals surface area (Å²) in [6.07, 6.45) is 9.79. The van der Waals surface area contributed by atoms with Gasteiger partial charge in [0.05, 0.1) is 52.6 Å². The molecule has 1 aliphatic heterocycles. The molecule has 374 valence electrons. The highest BCUT2D eigenvalue weighted by Crippen LogP contribution is 2.41. The SMILES string of the molecule is C=C/C(=C/C=C\C=C\C(=C)C)C(=O)O.COCCNS(=O)c1ccc(OOC2(Oc3ccc4ccccc4c3N)COc3ccc(N(S)NOC)cc3N2)c(NCOc2ccc3ccccc3c2N)c1.O. The van der Waals surface area contributed by atoms with Gasteiger partial charge in [-0.1, -0.05) is 110 Å². The Morgan fingerprint density at radius 1 is 0.930 bits per heavy atom. The zero-order chi connectivity index (χ0) is 50.0. The van der Waals surface area contributed by atoms with E-state index in [1.807, 2.05) is 73.7 Å². The van der Waals surface area contributed by atoms with Crippen molar-refractivity contribution in [2.24, 2.45) is 0 Å². The summed E-state index contributed by atoms with van der Waals surface area (Å²) in [5.74, 6) is -1.25. The van der Waals surface area contributed by atoms with Crippen LogP contribution in [0.15, 0.2) is 175 Å². The number of hydrogen-bond acceptors (Lipinski definition) is 16. The van der Waals surface area contributed by atoms with Crippen LogP contribution in [0.1, 0.15) is 6.92 Å². The quantitative estimate of drug-likeness (QED) is 0.00466. The molecule has 0 aromatic heterocycles. The number of nitrogen functional groups attached to an aromatic ring is 2. The molecule has 0 bridgehead atoms. The predicted molar refractivity (Wildman–Crippen MR) is 283 cm³/mol. The summed E-state index contributed by atoms with van der Waals surface area (Å²) in [5.41, 5.74) is 19.2. The number of ether oxygens (including phenoxy) is 4. The highest BCUT2D eigenvalue weighted by molar-refractivity contribution is 7.83. The number of carboxylic acids is 1. The number of thiol groups is 1. The number of carbonyl (C=O) groups is 1. The zero-order valence-electron chi connectivity index (χ0n) is 39.2. The van der Waals surface area contributed by atoms with Gasteiger partial charge < -0.3 is 56.5 Å². The number of benzene rings is 6. The van der Waals surface area contributed by atoms with Crippen LogP contribution in [0.4, 0.5) is 28.4 Å². The first kappa shape index (κ1) is 54.4. The first-order chi connectivity index (χ1) is 33.8. The number of nitrogens with zero attached hydrogens (tertiary/aromatic N) is 1. The van der Waals surface area contributed by atoms with E-state index in [9.17, 15) is 9.00 Å². The maximum absolute atomic E-state index is 13.2. The molecule has 6 aromatic rings. The molecule has 0 saturated carbocycles. The fraction of sp³-hybridized carbons (Fsp3) is 0.157. The Kier molecular flexibility index (Phi) is 20.3. The van der Waals surface area contributed by atoms with Crippen molar-refractivity contribution in [1.82, 2.24) is 10.3 Å². The number of fused-ring (bicyclic) bond motifs is 3. The topological polar surface area (TPSA) is 254 Å². The van der Waals surface area contributed by atoms with Gasteiger partial charge in [0.2, 0.25) is 0 Å². The summed E-state index contributed by atoms with van der Waals surface area (Å²) in [6, 6.07) is 33.0. The van der Waals surface area contributed by atoms with E-state index >= 15 is 0 Å². The second kappa shape index (κ2) is 26.4. The summed E-state index contributed by atoms with van der Waals surface area (Å²) in [7, 11) is 1.47. The lowest BCUT2D eigenvalue weighted by molar-refractivity contribution is -0.351. The third-order valence-electron chi connectivity index (χ3n) is 10.1. The summed E-state index contributed by atoms with van der Waals surface area (Å²) in [4.78, 5) is 28.2. The Morgan fingerprint density at radius 3 is 2.27 bits per heavy atom. The predicted octanol–water partition coefficient (Wildman–Crippen LogP) is 8.18. The lowest BCUT2D eigenvalue weighted by atomic mass is 10.1. The van der Waals surface area contributed by atoms with E-state index in [0.717, 1.165) is 27.1 Å². The van der Waals surface area contributed by atoms with Crippen molar-refractivity contribution in [3.63, 3.8) is 0 Å². The van der Waals surface area contributed by atoms with E-state index < -0.39 is 22.9 Å². The van der Waals surface area contributed by atoms with Crippen LogP contribution in [-0.2, 0) is 30.2 Å². The van der Waals surface area contributed by atoms with Crippen LogP contribution in [0.3, 0.4) is 0 Å². The third-order valence-corrected chi connectivity index (χ3v) is 11.5. The van der Waals surface area contributed by atoms with Gasteiger partial charge in [-0.3, -0.25) is 4.84 Å². The van der Waals surface area contributed by atoms with Crippen molar-refractivity contribution >= 4 is 79.8 Å². The van der Waals surface area contributed by atoms with Crippen molar-refractivity contribution in [1.29, 1.82) is 0 Å². The maximum Gasteiger partial charge on any atom is 0.366 e. The number of allylic oxidation sites excluding steroid dienone is 6. The minimum absolute atomic E-state index is 0. The number of rotatable bonds is 22. The maximum atomic E-state index is 13.2. The zero-order valence-corrected chi connectivity index (χ0v) is 40.9. The number of hydrazine groups is 1. The minimum Gasteiger partial charge on any atom is -0.482 e. The first-order valence-electron chi connectivity index (χ1n) is 21.5. The highest BCUT2D eigenvalue weighted by atomic mass is 32.2. The van der Waals surface area contributed by atoms with Gasteiger partial charge in [-0.05, 0) is 85.1 Å². The molecular weight excluding hydrogens is 951 g/mol. The number of aliphatic carboxylic acids is 1. The van der Waals surface area contributed by atoms with Gasteiger partial charge in [-0.2, -0.15) is 0 Å². The van der Waals surface area contributed by atoms with E-state index in [4.69, 9.17) is 50.1 Å². The normalized spacial score (nSPS) is 14.5. The molecule has 0 radical (unpaired) electrons. The molecule has 0 spiro atoms. The summed E-state index contributed by atoms with van der Waals surface area (Å²) in [6.45, 7) is 9.51. The number of hydrogen-bond donors (Lipinski definition) is 8. The van der Waals surface area contributed by atoms with Crippen LogP contribution in [-0.4, -0.2) is 67.4 Å². The molecule has 6 aromatic carbocycles. The first-order valence-corrected chi connectivity index (χ1v) is 23.0. The van der Waals surface area contributed by atoms with E-state index in [1.165, 1.54) is 23.7 Å². The lowest BCUT2D eigenvalue weighted by Gasteiger charge is -2.37. The number of anilines is 5. The van der Waals surface area contributed by atoms with Crippen LogP contribution in [0.2, 0.25) is 0 Å². The van der Waals surface area contributed by atoms with Crippen LogP contribution < -0.4 is 55.9 Å². The van der Waals surface area contributed by atoms with Gasteiger partial charge >= 0.3 is 11.9 Å². The van der Waals surface area contributed by atoms with E-state index in [1.54, 1.807) is 73.9 Å². The average Bonchev–Trinajstić information content (AvgIpc) is 3.36. The van der Waals surface area contributed by atoms with Crippen LogP contribution in [0.25, 0.3) is 21.5 Å². The molecule has 0 saturated heterocycles. The molecule has 1 heterocycles. The fourth-order valence-corrected chi connectivity index (χ4v) is 7.67. The van der Waals surface area contributed by atoms with Crippen LogP contribution in [0.5, 0.6) is 23.0 Å². The molecule has 7 rings (SSSR count). The fourth-order valence-electron chi connectivity index (χ4n) is 6.62. The second-order valence-electron chi connectivity index (χ2n) is 15.1. The van der Waals surface area contributed by atoms with Gasteiger partial charge in [-0.25, -0.2) is 18.1 Å². The molecule has 2 unspecified atom stereocenters. The third kappa shape index (κ3) is 14.7. The van der Waals surface area contributed by atoms with Gasteiger partial charge in [-0.15, -0.1) is 10.5 Å². The summed E-state index contributed by atoms with van der Waals surface area (Å²) >= 11 is 4.43. The molecular formula is C51H57N7O11S2. The van der Waals surface area contributed by atoms with E-state index in [0.29, 0.717) is 63.7 Å². The second-order valence-corrected chi connectivity index (χ2v) is 16.8. The summed E-state index contributed by atoms with van der Waals surface area (Å²) < 4.78 is 41.4. The Labute approximate surface area is 419 Å². The van der Waals surface area contributed by atoms with E-state index in [2.05, 4.69) is 46.9 Å². The lowest BCUT2D eigenvalue weighted by Crippen LogP contribution is -2.55. The standard InChI is InChI=1S/C39H41N7O8S2.C12H14O2.H2O/c1-48-20-19-43-56(47)28-14-18-34(31(22-28)42-24-51-35-15-11-25-7-3-5-9-29(25)37(35)40)53-54-39(52-36-16-12-26-8-4-6-10-30(26)38(36)41)23-50-33-17-13-27(21-32(33)44-39)46(55)45-49-2;1-4-11(12(13)14)9-7-5-6-8-10(2)3;/h3-18,21-22,42-45,55H,19-20,23-24,40-41H2,1-2H3;4-9H,1-2H2,3H3,(H,13,14);1H2/b;7-5-,8-6+,11-9-;. The van der Waals surface area contributed by atoms with E-state index in [-0.39, 0.29) is 30.1 Å². The van der Waals surface area contributed by atoms with Crippen molar-refractivity contribution in [3.05, 3.63) is 170 Å². The van der Waals surface area contributed by atoms with Crippen LogP contribution in [0, 0.1) is 0 Å². The average molecular weight is 1010 g/mol. The smallest absolute Gasteiger partial charge is 0.366 e. The largest absolute Gasteiger partial charge is 0.482 e. The van der Waals surface area contributed by atoms with Gasteiger partial charge in [0.1, 0.15) is 28.2 Å². The molecule has 18 nitrogen and oxygen atoms in total. The van der Waals surface area contributed by atoms with Crippen molar-refractivity contribution in [3.8, 4) is 23.0 Å². The van der Waals surface area contributed by atoms with Crippen LogP contribution >= 0.6 is 12.8 Å². The molecule has 2 atom stereocenters. The molecule has 11 N–H and O–H groups in total. The molecule has 0 amide bonds. The molecule has 0 fully saturated rings. The Bertz CT molecular complexity index is 2940. The molecule has 0 aliphatic carbocycles. The number of nitrogens with one attached hydrogen (secondary N) is 4. The number of nitrogens with two attached hydrogens (primary N) is 2. The Morgan fingerprint density at radius 2 is 1.61 bits per heavy atom. The number of methoxy groups -OCH3 is 1. The molecule has 20 heteroatoms. The van der Waals surface area contributed by atoms with Gasteiger partial charge in [0.15, 0.2) is 19.1 Å².